The Morgan fingerprint density at radius 3 is 2.38 bits per heavy atom. The number of carbonyl (C=O) groups excluding carboxylic acids is 1. The first-order chi connectivity index (χ1) is 5.92. The van der Waals surface area contributed by atoms with Gasteiger partial charge < -0.3 is 11.1 Å². The summed E-state index contributed by atoms with van der Waals surface area (Å²) in [6.07, 6.45) is 2.49. The molecule has 0 saturated carbocycles. The molecule has 78 valence electrons. The largest absolute Gasteiger partial charge is 0.370 e. The van der Waals surface area contributed by atoms with Gasteiger partial charge in [-0.1, -0.05) is 20.8 Å². The second-order valence-electron chi connectivity index (χ2n) is 4.63. The Labute approximate surface area is 81.1 Å². The summed E-state index contributed by atoms with van der Waals surface area (Å²) in [6.45, 7) is 8.57. The molecule has 0 rings (SSSR count). The minimum Gasteiger partial charge on any atom is -0.370 e. The predicted molar refractivity (Wildman–Crippen MR) is 55.4 cm³/mol. The SMILES string of the molecule is CC(C)(C)CCNCCCC(N)=O. The van der Waals surface area contributed by atoms with E-state index in [1.165, 1.54) is 0 Å². The summed E-state index contributed by atoms with van der Waals surface area (Å²) >= 11 is 0. The van der Waals surface area contributed by atoms with Gasteiger partial charge in [0.25, 0.3) is 0 Å². The van der Waals surface area contributed by atoms with Gasteiger partial charge >= 0.3 is 0 Å². The van der Waals surface area contributed by atoms with E-state index in [2.05, 4.69) is 26.1 Å². The van der Waals surface area contributed by atoms with E-state index in [0.717, 1.165) is 25.9 Å². The molecule has 13 heavy (non-hydrogen) atoms. The van der Waals surface area contributed by atoms with Crippen molar-refractivity contribution in [1.29, 1.82) is 0 Å². The van der Waals surface area contributed by atoms with Gasteiger partial charge in [0.15, 0.2) is 0 Å². The second kappa shape index (κ2) is 5.97. The lowest BCUT2D eigenvalue weighted by molar-refractivity contribution is -0.118. The van der Waals surface area contributed by atoms with Crippen LogP contribution in [0, 0.1) is 5.41 Å². The number of hydrogen-bond acceptors (Lipinski definition) is 2. The fourth-order valence-corrected chi connectivity index (χ4v) is 0.976. The van der Waals surface area contributed by atoms with Crippen LogP contribution < -0.4 is 11.1 Å². The van der Waals surface area contributed by atoms with Gasteiger partial charge in [-0.15, -0.1) is 0 Å². The van der Waals surface area contributed by atoms with E-state index in [4.69, 9.17) is 5.73 Å². The van der Waals surface area contributed by atoms with Gasteiger partial charge in [0.2, 0.25) is 5.91 Å². The van der Waals surface area contributed by atoms with Crippen molar-refractivity contribution in [2.24, 2.45) is 11.1 Å². The van der Waals surface area contributed by atoms with Crippen molar-refractivity contribution in [3.05, 3.63) is 0 Å². The molecule has 0 aromatic carbocycles. The van der Waals surface area contributed by atoms with Crippen molar-refractivity contribution >= 4 is 5.91 Å². The first-order valence-electron chi connectivity index (χ1n) is 4.91. The lowest BCUT2D eigenvalue weighted by atomic mass is 9.92. The fraction of sp³-hybridized carbons (Fsp3) is 0.900. The number of amides is 1. The Kier molecular flexibility index (Phi) is 5.71. The maximum Gasteiger partial charge on any atom is 0.217 e. The van der Waals surface area contributed by atoms with Gasteiger partial charge in [0.05, 0.1) is 0 Å². The lowest BCUT2D eigenvalue weighted by Crippen LogP contribution is -2.22. The Morgan fingerprint density at radius 2 is 1.92 bits per heavy atom. The van der Waals surface area contributed by atoms with E-state index >= 15 is 0 Å². The average molecular weight is 186 g/mol. The smallest absolute Gasteiger partial charge is 0.217 e. The Balaban J connectivity index is 3.13. The first-order valence-corrected chi connectivity index (χ1v) is 4.91. The number of hydrogen-bond donors (Lipinski definition) is 2. The molecule has 0 spiro atoms. The number of primary amides is 1. The number of nitrogens with two attached hydrogens (primary N) is 1. The van der Waals surface area contributed by atoms with E-state index in [-0.39, 0.29) is 5.91 Å². The molecular formula is C10H22N2O. The topological polar surface area (TPSA) is 55.1 Å². The molecule has 0 aliphatic heterocycles. The summed E-state index contributed by atoms with van der Waals surface area (Å²) in [5, 5.41) is 3.29. The van der Waals surface area contributed by atoms with Crippen LogP contribution in [0.2, 0.25) is 0 Å². The molecule has 0 heterocycles. The maximum absolute atomic E-state index is 10.4. The van der Waals surface area contributed by atoms with Crippen molar-refractivity contribution in [3.63, 3.8) is 0 Å². The van der Waals surface area contributed by atoms with Crippen molar-refractivity contribution < 1.29 is 4.79 Å². The third-order valence-electron chi connectivity index (χ3n) is 1.83. The van der Waals surface area contributed by atoms with Crippen LogP contribution in [0.4, 0.5) is 0 Å². The third kappa shape index (κ3) is 11.4. The van der Waals surface area contributed by atoms with E-state index < -0.39 is 0 Å². The van der Waals surface area contributed by atoms with Crippen molar-refractivity contribution in [2.45, 2.75) is 40.0 Å². The van der Waals surface area contributed by atoms with Crippen molar-refractivity contribution in [1.82, 2.24) is 5.32 Å². The highest BCUT2D eigenvalue weighted by Gasteiger charge is 2.08. The van der Waals surface area contributed by atoms with Crippen LogP contribution in [0.25, 0.3) is 0 Å². The van der Waals surface area contributed by atoms with Crippen molar-refractivity contribution in [2.75, 3.05) is 13.1 Å². The summed E-state index contributed by atoms with van der Waals surface area (Å²) < 4.78 is 0. The Hall–Kier alpha value is -0.570. The Morgan fingerprint density at radius 1 is 1.31 bits per heavy atom. The molecule has 0 aromatic rings. The van der Waals surface area contributed by atoms with E-state index in [9.17, 15) is 4.79 Å². The predicted octanol–water partition coefficient (Wildman–Crippen LogP) is 1.28. The zero-order chi connectivity index (χ0) is 10.3. The normalized spacial score (nSPS) is 11.6. The average Bonchev–Trinajstić information content (AvgIpc) is 1.93. The highest BCUT2D eigenvalue weighted by atomic mass is 16.1. The van der Waals surface area contributed by atoms with Crippen LogP contribution in [0.1, 0.15) is 40.0 Å². The second-order valence-corrected chi connectivity index (χ2v) is 4.63. The highest BCUT2D eigenvalue weighted by Crippen LogP contribution is 2.16. The minimum atomic E-state index is -0.211. The number of carbonyl (C=O) groups is 1. The highest BCUT2D eigenvalue weighted by molar-refractivity contribution is 5.73. The van der Waals surface area contributed by atoms with Gasteiger partial charge in [-0.3, -0.25) is 4.79 Å². The molecule has 0 radical (unpaired) electrons. The van der Waals surface area contributed by atoms with E-state index in [1.807, 2.05) is 0 Å². The number of nitrogens with one attached hydrogen (secondary N) is 1. The summed E-state index contributed by atoms with van der Waals surface area (Å²) in [6, 6.07) is 0. The Bertz CT molecular complexity index is 149. The van der Waals surface area contributed by atoms with E-state index in [1.54, 1.807) is 0 Å². The van der Waals surface area contributed by atoms with Crippen LogP contribution >= 0.6 is 0 Å². The first kappa shape index (κ1) is 12.4. The monoisotopic (exact) mass is 186 g/mol. The van der Waals surface area contributed by atoms with Crippen LogP contribution in [0.5, 0.6) is 0 Å². The molecule has 0 unspecified atom stereocenters. The molecular weight excluding hydrogens is 164 g/mol. The summed E-state index contributed by atoms with van der Waals surface area (Å²) in [5.41, 5.74) is 5.40. The molecule has 0 fully saturated rings. The van der Waals surface area contributed by atoms with Crippen molar-refractivity contribution in [3.8, 4) is 0 Å². The van der Waals surface area contributed by atoms with Crippen LogP contribution in [-0.2, 0) is 4.79 Å². The summed E-state index contributed by atoms with van der Waals surface area (Å²) in [5.74, 6) is -0.211. The molecule has 3 heteroatoms. The molecule has 3 nitrogen and oxygen atoms in total. The quantitative estimate of drug-likeness (QED) is 0.614. The third-order valence-corrected chi connectivity index (χ3v) is 1.83. The zero-order valence-electron chi connectivity index (χ0n) is 9.02. The summed E-state index contributed by atoms with van der Waals surface area (Å²) in [7, 11) is 0. The molecule has 0 bridgehead atoms. The molecule has 0 aliphatic rings. The maximum atomic E-state index is 10.4. The van der Waals surface area contributed by atoms with Crippen LogP contribution in [-0.4, -0.2) is 19.0 Å². The zero-order valence-corrected chi connectivity index (χ0v) is 9.02. The summed E-state index contributed by atoms with van der Waals surface area (Å²) in [4.78, 5) is 10.4. The number of rotatable bonds is 6. The molecule has 1 amide bonds. The fourth-order valence-electron chi connectivity index (χ4n) is 0.976. The molecule has 0 aromatic heterocycles. The van der Waals surface area contributed by atoms with Crippen LogP contribution in [0.15, 0.2) is 0 Å². The molecule has 0 aliphatic carbocycles. The molecule has 3 N–H and O–H groups in total. The van der Waals surface area contributed by atoms with E-state index in [0.29, 0.717) is 11.8 Å². The van der Waals surface area contributed by atoms with Crippen LogP contribution in [0.3, 0.4) is 0 Å². The minimum absolute atomic E-state index is 0.211. The van der Waals surface area contributed by atoms with Gasteiger partial charge in [0, 0.05) is 6.42 Å². The molecule has 0 atom stereocenters. The molecule has 0 saturated heterocycles. The lowest BCUT2D eigenvalue weighted by Gasteiger charge is -2.17. The van der Waals surface area contributed by atoms with Gasteiger partial charge in [-0.2, -0.15) is 0 Å². The van der Waals surface area contributed by atoms with Gasteiger partial charge in [-0.05, 0) is 31.3 Å². The standard InChI is InChI=1S/C10H22N2O/c1-10(2,3)6-8-12-7-4-5-9(11)13/h12H,4-8H2,1-3H3,(H2,11,13). The van der Waals surface area contributed by atoms with Gasteiger partial charge in [-0.25, -0.2) is 0 Å². The van der Waals surface area contributed by atoms with Gasteiger partial charge in [0.1, 0.15) is 0 Å².